The third-order valence-corrected chi connectivity index (χ3v) is 3.99. The average molecular weight is 377 g/mol. The fraction of sp³-hybridized carbons (Fsp3) is 0.167. The van der Waals surface area contributed by atoms with Crippen molar-refractivity contribution in [1.82, 2.24) is 14.7 Å². The Kier molecular flexibility index (Phi) is 4.61. The molecule has 0 aliphatic carbocycles. The average Bonchev–Trinajstić information content (AvgIpc) is 2.94. The molecular weight excluding hydrogens is 363 g/mol. The number of hydrogen-bond donors (Lipinski definition) is 2. The molecular formula is C18H14F3N3O3. The Balaban J connectivity index is 1.84. The number of benzene rings is 1. The number of nitrogens with zero attached hydrogens (tertiary/aromatic N) is 2. The zero-order chi connectivity index (χ0) is 19.8. The van der Waals surface area contributed by atoms with Crippen LogP contribution in [0.5, 0.6) is 0 Å². The Morgan fingerprint density at radius 2 is 1.81 bits per heavy atom. The van der Waals surface area contributed by atoms with Gasteiger partial charge in [-0.1, -0.05) is 12.1 Å². The summed E-state index contributed by atoms with van der Waals surface area (Å²) < 4.78 is 39.9. The monoisotopic (exact) mass is 377 g/mol. The molecule has 1 aromatic carbocycles. The first-order valence-electron chi connectivity index (χ1n) is 7.83. The Bertz CT molecular complexity index is 1020. The van der Waals surface area contributed by atoms with E-state index < -0.39 is 23.6 Å². The van der Waals surface area contributed by atoms with Crippen LogP contribution in [0.2, 0.25) is 0 Å². The fourth-order valence-electron chi connectivity index (χ4n) is 2.63. The number of carboxylic acid groups (broad SMARTS) is 1. The van der Waals surface area contributed by atoms with Crippen molar-refractivity contribution in [2.75, 3.05) is 0 Å². The number of nitrogens with one attached hydrogen (secondary N) is 1. The number of pyridine rings is 1. The third kappa shape index (κ3) is 3.76. The number of aromatic carboxylic acids is 1. The molecule has 27 heavy (non-hydrogen) atoms. The highest BCUT2D eigenvalue weighted by molar-refractivity contribution is 5.94. The summed E-state index contributed by atoms with van der Waals surface area (Å²) in [6.07, 6.45) is -3.70. The predicted molar refractivity (Wildman–Crippen MR) is 89.5 cm³/mol. The van der Waals surface area contributed by atoms with E-state index in [0.29, 0.717) is 11.3 Å². The lowest BCUT2D eigenvalue weighted by atomic mass is 10.1. The van der Waals surface area contributed by atoms with Gasteiger partial charge >= 0.3 is 12.1 Å². The first-order valence-corrected chi connectivity index (χ1v) is 7.83. The number of rotatable bonds is 4. The molecule has 0 radical (unpaired) electrons. The lowest BCUT2D eigenvalue weighted by molar-refractivity contribution is -0.137. The molecule has 1 amide bonds. The van der Waals surface area contributed by atoms with Crippen molar-refractivity contribution >= 4 is 17.5 Å². The lowest BCUT2D eigenvalue weighted by Gasteiger charge is -2.09. The third-order valence-electron chi connectivity index (χ3n) is 3.99. The topological polar surface area (TPSA) is 83.7 Å². The van der Waals surface area contributed by atoms with E-state index >= 15 is 0 Å². The number of carbonyl (C=O) groups excluding carboxylic acids is 1. The van der Waals surface area contributed by atoms with Crippen LogP contribution in [-0.4, -0.2) is 26.4 Å². The Hall–Kier alpha value is -3.36. The molecule has 2 aromatic heterocycles. The number of carboxylic acids is 1. The van der Waals surface area contributed by atoms with Crippen LogP contribution in [0.3, 0.4) is 0 Å². The van der Waals surface area contributed by atoms with Gasteiger partial charge in [0.2, 0.25) is 0 Å². The summed E-state index contributed by atoms with van der Waals surface area (Å²) in [5.74, 6) is -1.64. The summed E-state index contributed by atoms with van der Waals surface area (Å²) in [7, 11) is 0. The molecule has 0 unspecified atom stereocenters. The minimum atomic E-state index is -4.54. The highest BCUT2D eigenvalue weighted by atomic mass is 19.4. The number of aromatic nitrogens is 2. The lowest BCUT2D eigenvalue weighted by Crippen LogP contribution is -2.25. The van der Waals surface area contributed by atoms with Gasteiger partial charge in [0.1, 0.15) is 11.3 Å². The van der Waals surface area contributed by atoms with Gasteiger partial charge in [-0.05, 0) is 36.8 Å². The van der Waals surface area contributed by atoms with Gasteiger partial charge < -0.3 is 10.4 Å². The van der Waals surface area contributed by atoms with Gasteiger partial charge in [0.05, 0.1) is 16.8 Å². The SMILES string of the molecule is Cc1nc2ccc(C(F)(F)F)cn2c1C(=O)NCc1ccc(C(=O)O)cc1. The highest BCUT2D eigenvalue weighted by Gasteiger charge is 2.31. The molecule has 0 bridgehead atoms. The van der Waals surface area contributed by atoms with Crippen LogP contribution in [0.25, 0.3) is 5.65 Å². The summed E-state index contributed by atoms with van der Waals surface area (Å²) in [6.45, 7) is 1.63. The van der Waals surface area contributed by atoms with Gasteiger partial charge in [0.25, 0.3) is 5.91 Å². The normalized spacial score (nSPS) is 11.6. The minimum absolute atomic E-state index is 0.0123. The van der Waals surface area contributed by atoms with E-state index in [1.165, 1.54) is 25.1 Å². The van der Waals surface area contributed by atoms with E-state index in [0.717, 1.165) is 16.7 Å². The van der Waals surface area contributed by atoms with Crippen molar-refractivity contribution in [1.29, 1.82) is 0 Å². The van der Waals surface area contributed by atoms with Crippen LogP contribution in [0.4, 0.5) is 13.2 Å². The number of amides is 1. The Labute approximate surface area is 151 Å². The molecule has 0 atom stereocenters. The second kappa shape index (κ2) is 6.75. The molecule has 3 aromatic rings. The van der Waals surface area contributed by atoms with Crippen molar-refractivity contribution < 1.29 is 27.9 Å². The van der Waals surface area contributed by atoms with Gasteiger partial charge in [0, 0.05) is 12.7 Å². The van der Waals surface area contributed by atoms with Crippen molar-refractivity contribution in [3.05, 3.63) is 70.7 Å². The maximum absolute atomic E-state index is 12.9. The van der Waals surface area contributed by atoms with Crippen LogP contribution in [-0.2, 0) is 12.7 Å². The van der Waals surface area contributed by atoms with Crippen molar-refractivity contribution in [3.8, 4) is 0 Å². The number of imidazole rings is 1. The number of aryl methyl sites for hydroxylation is 1. The summed E-state index contributed by atoms with van der Waals surface area (Å²) in [5, 5.41) is 11.5. The van der Waals surface area contributed by atoms with Crippen molar-refractivity contribution in [2.24, 2.45) is 0 Å². The molecule has 0 spiro atoms. The standard InChI is InChI=1S/C18H14F3N3O3/c1-10-15(24-9-13(18(19,20)21)6-7-14(24)23-10)16(25)22-8-11-2-4-12(5-3-11)17(26)27/h2-7,9H,8H2,1H3,(H,22,25)(H,26,27). The first-order chi connectivity index (χ1) is 12.7. The molecule has 140 valence electrons. The second-order valence-corrected chi connectivity index (χ2v) is 5.87. The van der Waals surface area contributed by atoms with Gasteiger partial charge in [-0.25, -0.2) is 9.78 Å². The molecule has 0 saturated heterocycles. The largest absolute Gasteiger partial charge is 0.478 e. The quantitative estimate of drug-likeness (QED) is 0.731. The van der Waals surface area contributed by atoms with Gasteiger partial charge in [-0.3, -0.25) is 9.20 Å². The fourth-order valence-corrected chi connectivity index (χ4v) is 2.63. The molecule has 0 fully saturated rings. The van der Waals surface area contributed by atoms with Crippen LogP contribution >= 0.6 is 0 Å². The van der Waals surface area contributed by atoms with Crippen molar-refractivity contribution in [2.45, 2.75) is 19.6 Å². The summed E-state index contributed by atoms with van der Waals surface area (Å²) >= 11 is 0. The number of alkyl halides is 3. The zero-order valence-corrected chi connectivity index (χ0v) is 14.0. The molecule has 0 aliphatic heterocycles. The molecule has 6 nitrogen and oxygen atoms in total. The summed E-state index contributed by atoms with van der Waals surface area (Å²) in [4.78, 5) is 27.4. The van der Waals surface area contributed by atoms with Gasteiger partial charge in [-0.15, -0.1) is 0 Å². The maximum atomic E-state index is 12.9. The number of hydrogen-bond acceptors (Lipinski definition) is 3. The molecule has 0 aliphatic rings. The van der Waals surface area contributed by atoms with E-state index in [1.807, 2.05) is 0 Å². The zero-order valence-electron chi connectivity index (χ0n) is 14.0. The molecule has 3 rings (SSSR count). The van der Waals surface area contributed by atoms with E-state index in [1.54, 1.807) is 12.1 Å². The van der Waals surface area contributed by atoms with Gasteiger partial charge in [-0.2, -0.15) is 13.2 Å². The second-order valence-electron chi connectivity index (χ2n) is 5.87. The van der Waals surface area contributed by atoms with E-state index in [9.17, 15) is 22.8 Å². The Morgan fingerprint density at radius 1 is 1.15 bits per heavy atom. The van der Waals surface area contributed by atoms with Gasteiger partial charge in [0.15, 0.2) is 0 Å². The number of fused-ring (bicyclic) bond motifs is 1. The minimum Gasteiger partial charge on any atom is -0.478 e. The Morgan fingerprint density at radius 3 is 2.41 bits per heavy atom. The maximum Gasteiger partial charge on any atom is 0.417 e. The smallest absolute Gasteiger partial charge is 0.417 e. The summed E-state index contributed by atoms with van der Waals surface area (Å²) in [6, 6.07) is 8.02. The van der Waals surface area contributed by atoms with Crippen LogP contribution < -0.4 is 5.32 Å². The molecule has 0 saturated carbocycles. The van der Waals surface area contributed by atoms with Crippen LogP contribution in [0.15, 0.2) is 42.6 Å². The van der Waals surface area contributed by atoms with Crippen LogP contribution in [0.1, 0.15) is 37.7 Å². The van der Waals surface area contributed by atoms with Crippen LogP contribution in [0, 0.1) is 6.92 Å². The predicted octanol–water partition coefficient (Wildman–Crippen LogP) is 3.29. The van der Waals surface area contributed by atoms with Crippen molar-refractivity contribution in [3.63, 3.8) is 0 Å². The van der Waals surface area contributed by atoms with E-state index in [-0.39, 0.29) is 23.4 Å². The molecule has 2 N–H and O–H groups in total. The number of carbonyl (C=O) groups is 2. The van der Waals surface area contributed by atoms with E-state index in [4.69, 9.17) is 5.11 Å². The van der Waals surface area contributed by atoms with E-state index in [2.05, 4.69) is 10.3 Å². The highest BCUT2D eigenvalue weighted by Crippen LogP contribution is 2.29. The first kappa shape index (κ1) is 18.4. The summed E-state index contributed by atoms with van der Waals surface area (Å²) in [5.41, 5.74) is 0.423. The molecule has 9 heteroatoms. The number of halogens is 3. The molecule has 2 heterocycles.